The molecule has 354 valence electrons. The molecule has 0 N–H and O–H groups in total. The average Bonchev–Trinajstić information content (AvgIpc) is 3.57. The molecule has 0 fully saturated rings. The lowest BCUT2D eigenvalue weighted by Crippen LogP contribution is -2.62. The Hall–Kier alpha value is -6.78. The van der Waals surface area contributed by atoms with Gasteiger partial charge in [0.05, 0.1) is 0 Å². The van der Waals surface area contributed by atoms with Gasteiger partial charge in [0, 0.05) is 56.6 Å². The van der Waals surface area contributed by atoms with Crippen LogP contribution in [0, 0.1) is 0 Å². The van der Waals surface area contributed by atoms with E-state index in [1.54, 1.807) is 0 Å². The summed E-state index contributed by atoms with van der Waals surface area (Å²) in [5.41, 5.74) is 25.7. The summed E-state index contributed by atoms with van der Waals surface area (Å²) < 4.78 is 0. The highest BCUT2D eigenvalue weighted by Crippen LogP contribution is 2.54. The van der Waals surface area contributed by atoms with Crippen molar-refractivity contribution in [1.82, 2.24) is 0 Å². The molecule has 0 aromatic heterocycles. The van der Waals surface area contributed by atoms with E-state index in [4.69, 9.17) is 0 Å². The minimum atomic E-state index is -0.163. The Morgan fingerprint density at radius 3 is 1.54 bits per heavy atom. The van der Waals surface area contributed by atoms with Crippen molar-refractivity contribution >= 4 is 74.3 Å². The minimum Gasteiger partial charge on any atom is -0.311 e. The summed E-state index contributed by atoms with van der Waals surface area (Å²) in [6.07, 6.45) is 2.32. The van der Waals surface area contributed by atoms with Crippen LogP contribution >= 0.6 is 0 Å². The fraction of sp³-hybridized carbons (Fsp3) is 0.284. The standard InChI is InChI=1S/C67H68BN3/c1-63(2,3)43-27-29-47(30-28-43)70-59-42-55-54(65(7,8)35-36-66(55,9)10)41-57(59)68-56-34-32-49(69(45-21-15-13-16-22-45)46-23-17-14-18-24-46)40-58(56)71(61-38-44(64(4,5)6)37-60(70)62(61)68)48-31-33-51-50-25-19-20-26-52(50)67(11,12)53(51)39-48/h13-34,37-42H,35-36H2,1-12H3. The summed E-state index contributed by atoms with van der Waals surface area (Å²) in [7, 11) is 0. The Labute approximate surface area is 424 Å². The van der Waals surface area contributed by atoms with Gasteiger partial charge in [-0.05, 0) is 174 Å². The lowest BCUT2D eigenvalue weighted by molar-refractivity contribution is 0.332. The van der Waals surface area contributed by atoms with Gasteiger partial charge >= 0.3 is 0 Å². The van der Waals surface area contributed by atoms with Crippen molar-refractivity contribution in [3.63, 3.8) is 0 Å². The highest BCUT2D eigenvalue weighted by Gasteiger charge is 2.48. The maximum atomic E-state index is 2.67. The van der Waals surface area contributed by atoms with Crippen LogP contribution in [-0.2, 0) is 27.1 Å². The summed E-state index contributed by atoms with van der Waals surface area (Å²) >= 11 is 0. The number of para-hydroxylation sites is 2. The van der Waals surface area contributed by atoms with Crippen LogP contribution in [0.2, 0.25) is 0 Å². The van der Waals surface area contributed by atoms with Crippen LogP contribution in [0.3, 0.4) is 0 Å². The van der Waals surface area contributed by atoms with Crippen LogP contribution < -0.4 is 31.1 Å². The van der Waals surface area contributed by atoms with E-state index in [9.17, 15) is 0 Å². The molecule has 0 amide bonds. The van der Waals surface area contributed by atoms with Crippen molar-refractivity contribution in [3.8, 4) is 11.1 Å². The maximum absolute atomic E-state index is 2.67. The van der Waals surface area contributed by atoms with Crippen molar-refractivity contribution in [3.05, 3.63) is 203 Å². The molecule has 8 aromatic rings. The summed E-state index contributed by atoms with van der Waals surface area (Å²) in [6.45, 7) is 28.8. The molecule has 2 aliphatic carbocycles. The predicted octanol–water partition coefficient (Wildman–Crippen LogP) is 16.5. The van der Waals surface area contributed by atoms with Crippen molar-refractivity contribution in [1.29, 1.82) is 0 Å². The molecule has 0 bridgehead atoms. The first-order valence-electron chi connectivity index (χ1n) is 26.1. The minimum absolute atomic E-state index is 0.0161. The lowest BCUT2D eigenvalue weighted by atomic mass is 9.33. The van der Waals surface area contributed by atoms with Crippen LogP contribution in [0.25, 0.3) is 11.1 Å². The van der Waals surface area contributed by atoms with Gasteiger partial charge in [-0.2, -0.15) is 0 Å². The van der Waals surface area contributed by atoms with E-state index in [0.717, 1.165) is 29.9 Å². The molecule has 12 rings (SSSR count). The molecule has 0 atom stereocenters. The van der Waals surface area contributed by atoms with E-state index in [0.29, 0.717) is 0 Å². The monoisotopic (exact) mass is 926 g/mol. The second kappa shape index (κ2) is 15.6. The molecule has 8 aromatic carbocycles. The van der Waals surface area contributed by atoms with Crippen molar-refractivity contribution < 1.29 is 0 Å². The maximum Gasteiger partial charge on any atom is 0.252 e. The molecule has 0 saturated carbocycles. The first-order valence-corrected chi connectivity index (χ1v) is 26.1. The number of hydrogen-bond acceptors (Lipinski definition) is 3. The van der Waals surface area contributed by atoms with Gasteiger partial charge in [-0.25, -0.2) is 0 Å². The fourth-order valence-corrected chi connectivity index (χ4v) is 12.7. The molecule has 71 heavy (non-hydrogen) atoms. The quantitative estimate of drug-likeness (QED) is 0.159. The molecular formula is C67H68BN3. The number of nitrogens with zero attached hydrogens (tertiary/aromatic N) is 3. The molecule has 4 aliphatic rings. The molecule has 3 nitrogen and oxygen atoms in total. The van der Waals surface area contributed by atoms with Crippen molar-refractivity contribution in [2.45, 2.75) is 123 Å². The molecule has 0 spiro atoms. The van der Waals surface area contributed by atoms with Gasteiger partial charge in [-0.3, -0.25) is 0 Å². The smallest absolute Gasteiger partial charge is 0.252 e. The second-order valence-corrected chi connectivity index (χ2v) is 25.0. The summed E-state index contributed by atoms with van der Waals surface area (Å²) in [6, 6.07) is 65.4. The van der Waals surface area contributed by atoms with Gasteiger partial charge in [0.2, 0.25) is 0 Å². The second-order valence-electron chi connectivity index (χ2n) is 25.0. The van der Waals surface area contributed by atoms with Crippen molar-refractivity contribution in [2.75, 3.05) is 14.7 Å². The van der Waals surface area contributed by atoms with Gasteiger partial charge < -0.3 is 14.7 Å². The lowest BCUT2D eigenvalue weighted by Gasteiger charge is -2.48. The molecule has 0 radical (unpaired) electrons. The average molecular weight is 926 g/mol. The highest BCUT2D eigenvalue weighted by atomic mass is 15.2. The molecule has 0 saturated heterocycles. The molecular weight excluding hydrogens is 858 g/mol. The zero-order valence-electron chi connectivity index (χ0n) is 44.0. The molecule has 4 heteroatoms. The SMILES string of the molecule is CC(C)(C)c1ccc(N2c3cc4c(cc3B3c5ccc(N(c6ccccc6)c6ccccc6)cc5N(c5ccc6c(c5)C(C)(C)c5ccccc5-6)c5cc(C(C)(C)C)cc2c53)C(C)(C)CCC4(C)C)cc1. The first-order chi connectivity index (χ1) is 33.7. The van der Waals surface area contributed by atoms with E-state index >= 15 is 0 Å². The van der Waals surface area contributed by atoms with Gasteiger partial charge in [-0.1, -0.05) is 174 Å². The van der Waals surface area contributed by atoms with Crippen LogP contribution in [0.4, 0.5) is 51.2 Å². The summed E-state index contributed by atoms with van der Waals surface area (Å²) in [5.74, 6) is 0. The summed E-state index contributed by atoms with van der Waals surface area (Å²) in [4.78, 5) is 7.72. The third-order valence-corrected chi connectivity index (χ3v) is 17.0. The largest absolute Gasteiger partial charge is 0.311 e. The zero-order chi connectivity index (χ0) is 49.6. The number of benzene rings is 8. The van der Waals surface area contributed by atoms with Gasteiger partial charge in [-0.15, -0.1) is 0 Å². The number of fused-ring (bicyclic) bond motifs is 8. The normalized spacial score (nSPS) is 16.6. The van der Waals surface area contributed by atoms with E-state index in [1.165, 1.54) is 95.0 Å². The predicted molar refractivity (Wildman–Crippen MR) is 305 cm³/mol. The van der Waals surface area contributed by atoms with Gasteiger partial charge in [0.15, 0.2) is 0 Å². The van der Waals surface area contributed by atoms with E-state index in [-0.39, 0.29) is 33.8 Å². The van der Waals surface area contributed by atoms with Crippen LogP contribution in [0.15, 0.2) is 170 Å². The molecule has 0 unspecified atom stereocenters. The number of rotatable bonds is 5. The Balaban J connectivity index is 1.20. The molecule has 2 heterocycles. The van der Waals surface area contributed by atoms with Crippen LogP contribution in [-0.4, -0.2) is 6.71 Å². The third kappa shape index (κ3) is 7.06. The topological polar surface area (TPSA) is 9.72 Å². The van der Waals surface area contributed by atoms with Gasteiger partial charge in [0.25, 0.3) is 6.71 Å². The Bertz CT molecular complexity index is 3380. The van der Waals surface area contributed by atoms with Crippen LogP contribution in [0.1, 0.15) is 129 Å². The van der Waals surface area contributed by atoms with E-state index in [2.05, 4.69) is 268 Å². The van der Waals surface area contributed by atoms with E-state index in [1.807, 2.05) is 0 Å². The Morgan fingerprint density at radius 2 is 0.930 bits per heavy atom. The fourth-order valence-electron chi connectivity index (χ4n) is 12.7. The first kappa shape index (κ1) is 45.4. The van der Waals surface area contributed by atoms with Crippen LogP contribution in [0.5, 0.6) is 0 Å². The summed E-state index contributed by atoms with van der Waals surface area (Å²) in [5, 5.41) is 0. The zero-order valence-corrected chi connectivity index (χ0v) is 44.0. The molecule has 2 aliphatic heterocycles. The van der Waals surface area contributed by atoms with E-state index < -0.39 is 0 Å². The highest BCUT2D eigenvalue weighted by molar-refractivity contribution is 7.00. The Kier molecular flexibility index (Phi) is 9.98. The number of anilines is 9. The number of hydrogen-bond donors (Lipinski definition) is 0. The third-order valence-electron chi connectivity index (χ3n) is 17.0. The van der Waals surface area contributed by atoms with Crippen molar-refractivity contribution in [2.24, 2.45) is 0 Å². The van der Waals surface area contributed by atoms with Gasteiger partial charge in [0.1, 0.15) is 0 Å². The Morgan fingerprint density at radius 1 is 0.408 bits per heavy atom.